The molecule has 1 heterocycles. The largest absolute Gasteiger partial charge is 0.350 e. The molecule has 1 saturated heterocycles. The van der Waals surface area contributed by atoms with E-state index >= 15 is 0 Å². The summed E-state index contributed by atoms with van der Waals surface area (Å²) in [6.07, 6.45) is 3.41. The van der Waals surface area contributed by atoms with Gasteiger partial charge in [0.25, 0.3) is 5.91 Å². The number of carbonyl (C=O) groups is 1. The molecule has 0 spiro atoms. The van der Waals surface area contributed by atoms with Crippen molar-refractivity contribution in [2.75, 3.05) is 26.7 Å². The fraction of sp³-hybridized carbons (Fsp3) is 0.562. The maximum absolute atomic E-state index is 12.3. The lowest BCUT2D eigenvalue weighted by atomic mass is 10.1. The van der Waals surface area contributed by atoms with E-state index in [1.54, 1.807) is 12.1 Å². The number of amides is 1. The van der Waals surface area contributed by atoms with Gasteiger partial charge in [0.05, 0.1) is 4.90 Å². The number of hydrogen-bond donors (Lipinski definition) is 2. The van der Waals surface area contributed by atoms with Crippen LogP contribution in [0.4, 0.5) is 0 Å². The Morgan fingerprint density at radius 1 is 1.30 bits per heavy atom. The van der Waals surface area contributed by atoms with Crippen LogP contribution in [0.3, 0.4) is 0 Å². The molecule has 0 saturated carbocycles. The Labute approximate surface area is 138 Å². The number of benzene rings is 1. The topological polar surface area (TPSA) is 78.5 Å². The van der Waals surface area contributed by atoms with Crippen molar-refractivity contribution < 1.29 is 13.2 Å². The molecule has 1 aromatic rings. The molecular weight excluding hydrogens is 314 g/mol. The Morgan fingerprint density at radius 3 is 2.61 bits per heavy atom. The number of likely N-dealkylation sites (tertiary alicyclic amines) is 1. The van der Waals surface area contributed by atoms with E-state index < -0.39 is 10.0 Å². The van der Waals surface area contributed by atoms with Crippen molar-refractivity contribution in [3.63, 3.8) is 0 Å². The molecule has 6 nitrogen and oxygen atoms in total. The van der Waals surface area contributed by atoms with Crippen molar-refractivity contribution in [2.45, 2.75) is 37.1 Å². The maximum atomic E-state index is 12.3. The van der Waals surface area contributed by atoms with Crippen LogP contribution >= 0.6 is 0 Å². The molecule has 1 atom stereocenters. The average Bonchev–Trinajstić information content (AvgIpc) is 3.09. The zero-order chi connectivity index (χ0) is 16.9. The molecule has 0 radical (unpaired) electrons. The molecule has 2 rings (SSSR count). The molecular formula is C16H25N3O3S. The summed E-state index contributed by atoms with van der Waals surface area (Å²) in [6.45, 7) is 4.88. The highest BCUT2D eigenvalue weighted by Gasteiger charge is 2.21. The summed E-state index contributed by atoms with van der Waals surface area (Å²) in [4.78, 5) is 14.8. The second-order valence-electron chi connectivity index (χ2n) is 5.75. The van der Waals surface area contributed by atoms with Gasteiger partial charge in [0.1, 0.15) is 0 Å². The number of nitrogens with zero attached hydrogens (tertiary/aromatic N) is 1. The highest BCUT2D eigenvalue weighted by molar-refractivity contribution is 7.89. The van der Waals surface area contributed by atoms with Crippen LogP contribution in [-0.2, 0) is 10.0 Å². The molecule has 0 aliphatic carbocycles. The molecule has 0 bridgehead atoms. The first-order valence-electron chi connectivity index (χ1n) is 8.03. The van der Waals surface area contributed by atoms with Crippen LogP contribution < -0.4 is 10.0 Å². The minimum absolute atomic E-state index is 0.0965. The van der Waals surface area contributed by atoms with Gasteiger partial charge < -0.3 is 5.32 Å². The van der Waals surface area contributed by atoms with Gasteiger partial charge in [-0.25, -0.2) is 13.1 Å². The molecule has 7 heteroatoms. The predicted molar refractivity (Wildman–Crippen MR) is 89.9 cm³/mol. The standard InChI is InChI=1S/C16H25N3O3S/c1-3-14(19-9-4-5-10-19)12-18-16(20)13-7-6-8-15(11-13)23(21,22)17-2/h6-8,11,14,17H,3-5,9-10,12H2,1-2H3,(H,18,20)/t14-/m1/s1. The Balaban J connectivity index is 2.01. The Kier molecular flexibility index (Phi) is 6.15. The van der Waals surface area contributed by atoms with Crippen molar-refractivity contribution in [1.82, 2.24) is 14.9 Å². The van der Waals surface area contributed by atoms with E-state index in [0.29, 0.717) is 18.2 Å². The molecule has 1 amide bonds. The van der Waals surface area contributed by atoms with Crippen LogP contribution in [0.1, 0.15) is 36.5 Å². The number of hydrogen-bond acceptors (Lipinski definition) is 4. The fourth-order valence-electron chi connectivity index (χ4n) is 2.87. The smallest absolute Gasteiger partial charge is 0.251 e. The van der Waals surface area contributed by atoms with Crippen molar-refractivity contribution in [1.29, 1.82) is 0 Å². The van der Waals surface area contributed by atoms with Crippen molar-refractivity contribution in [3.05, 3.63) is 29.8 Å². The molecule has 0 unspecified atom stereocenters. The summed E-state index contributed by atoms with van der Waals surface area (Å²) in [7, 11) is -2.19. The summed E-state index contributed by atoms with van der Waals surface area (Å²) in [5.74, 6) is -0.240. The van der Waals surface area contributed by atoms with Gasteiger partial charge in [0, 0.05) is 18.2 Å². The number of carbonyl (C=O) groups excluding carboxylic acids is 1. The summed E-state index contributed by atoms with van der Waals surface area (Å²) in [5.41, 5.74) is 0.359. The SMILES string of the molecule is CC[C@H](CNC(=O)c1cccc(S(=O)(=O)NC)c1)N1CCCC1. The van der Waals surface area contributed by atoms with Crippen LogP contribution in [0.15, 0.2) is 29.2 Å². The Bertz CT molecular complexity index is 640. The molecule has 2 N–H and O–H groups in total. The van der Waals surface area contributed by atoms with Gasteiger partial charge in [0.15, 0.2) is 0 Å². The summed E-state index contributed by atoms with van der Waals surface area (Å²) < 4.78 is 25.9. The van der Waals surface area contributed by atoms with E-state index in [9.17, 15) is 13.2 Å². The molecule has 128 valence electrons. The van der Waals surface area contributed by atoms with Crippen LogP contribution in [0.2, 0.25) is 0 Å². The first-order chi connectivity index (χ1) is 11.0. The van der Waals surface area contributed by atoms with E-state index in [2.05, 4.69) is 21.9 Å². The zero-order valence-corrected chi connectivity index (χ0v) is 14.5. The van der Waals surface area contributed by atoms with Gasteiger partial charge in [-0.05, 0) is 57.6 Å². The molecule has 1 aliphatic heterocycles. The summed E-state index contributed by atoms with van der Waals surface area (Å²) in [5, 5.41) is 2.93. The third-order valence-electron chi connectivity index (χ3n) is 4.30. The van der Waals surface area contributed by atoms with Gasteiger partial charge in [-0.15, -0.1) is 0 Å². The quantitative estimate of drug-likeness (QED) is 0.782. The highest BCUT2D eigenvalue weighted by Crippen LogP contribution is 2.14. The maximum Gasteiger partial charge on any atom is 0.251 e. The highest BCUT2D eigenvalue weighted by atomic mass is 32.2. The van der Waals surface area contributed by atoms with Crippen LogP contribution in [0, 0.1) is 0 Å². The zero-order valence-electron chi connectivity index (χ0n) is 13.7. The third-order valence-corrected chi connectivity index (χ3v) is 5.71. The van der Waals surface area contributed by atoms with Crippen LogP contribution in [-0.4, -0.2) is 51.9 Å². The van der Waals surface area contributed by atoms with Crippen LogP contribution in [0.25, 0.3) is 0 Å². The van der Waals surface area contributed by atoms with E-state index in [1.807, 2.05) is 0 Å². The minimum Gasteiger partial charge on any atom is -0.350 e. The molecule has 0 aromatic heterocycles. The first kappa shape index (κ1) is 17.9. The number of nitrogens with one attached hydrogen (secondary N) is 2. The Hall–Kier alpha value is -1.44. The average molecular weight is 339 g/mol. The number of rotatable bonds is 7. The second-order valence-corrected chi connectivity index (χ2v) is 7.64. The lowest BCUT2D eigenvalue weighted by Crippen LogP contribution is -2.42. The van der Waals surface area contributed by atoms with Crippen molar-refractivity contribution >= 4 is 15.9 Å². The summed E-state index contributed by atoms with van der Waals surface area (Å²) >= 11 is 0. The second kappa shape index (κ2) is 7.90. The Morgan fingerprint density at radius 2 is 2.00 bits per heavy atom. The van der Waals surface area contributed by atoms with E-state index in [0.717, 1.165) is 19.5 Å². The van der Waals surface area contributed by atoms with E-state index in [4.69, 9.17) is 0 Å². The van der Waals surface area contributed by atoms with Crippen LogP contribution in [0.5, 0.6) is 0 Å². The lowest BCUT2D eigenvalue weighted by molar-refractivity contribution is 0.0937. The van der Waals surface area contributed by atoms with Crippen molar-refractivity contribution in [2.24, 2.45) is 0 Å². The molecule has 1 fully saturated rings. The number of sulfonamides is 1. The van der Waals surface area contributed by atoms with E-state index in [-0.39, 0.29) is 10.8 Å². The van der Waals surface area contributed by atoms with Crippen molar-refractivity contribution in [3.8, 4) is 0 Å². The van der Waals surface area contributed by atoms with Gasteiger partial charge in [-0.1, -0.05) is 13.0 Å². The van der Waals surface area contributed by atoms with Gasteiger partial charge >= 0.3 is 0 Å². The fourth-order valence-corrected chi connectivity index (χ4v) is 3.65. The first-order valence-corrected chi connectivity index (χ1v) is 9.52. The molecule has 1 aliphatic rings. The minimum atomic E-state index is -3.54. The van der Waals surface area contributed by atoms with Gasteiger partial charge in [-0.3, -0.25) is 9.69 Å². The van der Waals surface area contributed by atoms with Gasteiger partial charge in [0.2, 0.25) is 10.0 Å². The monoisotopic (exact) mass is 339 g/mol. The molecule has 23 heavy (non-hydrogen) atoms. The van der Waals surface area contributed by atoms with Gasteiger partial charge in [-0.2, -0.15) is 0 Å². The lowest BCUT2D eigenvalue weighted by Gasteiger charge is -2.26. The normalized spacial score (nSPS) is 17.1. The third kappa shape index (κ3) is 4.53. The van der Waals surface area contributed by atoms with E-state index in [1.165, 1.54) is 32.0 Å². The summed E-state index contributed by atoms with van der Waals surface area (Å²) in [6, 6.07) is 6.42. The predicted octanol–water partition coefficient (Wildman–Crippen LogP) is 1.20. The molecule has 1 aromatic carbocycles.